The van der Waals surface area contributed by atoms with E-state index in [1.54, 1.807) is 0 Å². The lowest BCUT2D eigenvalue weighted by molar-refractivity contribution is 0.668. The summed E-state index contributed by atoms with van der Waals surface area (Å²) in [4.78, 5) is 0. The first-order valence-corrected chi connectivity index (χ1v) is 51.5. The van der Waals surface area contributed by atoms with Gasteiger partial charge in [0.15, 0.2) is 0 Å². The number of para-hydroxylation sites is 3. The second-order valence-corrected chi connectivity index (χ2v) is 40.6. The van der Waals surface area contributed by atoms with Crippen molar-refractivity contribution in [2.45, 2.75) is 83.1 Å². The molecule has 0 aliphatic heterocycles. The van der Waals surface area contributed by atoms with E-state index < -0.39 is 0 Å². The smallest absolute Gasteiger partial charge is 0.135 e. The van der Waals surface area contributed by atoms with Gasteiger partial charge in [0.1, 0.15) is 33.5 Å². The molecule has 0 spiro atoms. The third-order valence-electron chi connectivity index (χ3n) is 24.3. The molecule has 0 saturated carbocycles. The van der Waals surface area contributed by atoms with Crippen LogP contribution in [-0.2, 0) is 0 Å². The molecule has 20 aromatic carbocycles. The SMILES string of the molecule is Cc1ccc2c(c1)oc1ccccc12.Cc1ccc2c(c1)sc1ccccc12.Cc1ccc2oc3ccccc3c2c1.Cc1ccc2sc3ccccc3c2c1.Cc1cccc2c1sc1ccccc12.Cc1cccc2c1sc1ccccc12.Cc1cccc2oc3ccccc3c12.Cc1cccc2sc3ccccc3c12.Cc1ccccc1.Cc1ccccc1.Cc1ccccc1.Cc1ccccc1. The van der Waals surface area contributed by atoms with E-state index in [9.17, 15) is 0 Å². The second-order valence-electron chi connectivity index (χ2n) is 35.2. The summed E-state index contributed by atoms with van der Waals surface area (Å²) < 4.78 is 31.1. The molecule has 0 radical (unpaired) electrons. The lowest BCUT2D eigenvalue weighted by atomic mass is 10.1. The van der Waals surface area contributed by atoms with E-state index in [1.165, 1.54) is 200 Å². The zero-order valence-electron chi connectivity index (χ0n) is 81.1. The van der Waals surface area contributed by atoms with Crippen molar-refractivity contribution in [3.8, 4) is 0 Å². The van der Waals surface area contributed by atoms with E-state index in [0.29, 0.717) is 0 Å². The van der Waals surface area contributed by atoms with Crippen molar-refractivity contribution < 1.29 is 13.3 Å². The Bertz CT molecular complexity index is 8320. The van der Waals surface area contributed by atoms with Gasteiger partial charge in [-0.15, -0.1) is 56.7 Å². The predicted molar refractivity (Wildman–Crippen MR) is 620 cm³/mol. The van der Waals surface area contributed by atoms with Crippen molar-refractivity contribution in [1.29, 1.82) is 0 Å². The van der Waals surface area contributed by atoms with Crippen LogP contribution in [0.15, 0.2) is 474 Å². The highest BCUT2D eigenvalue weighted by Gasteiger charge is 2.13. The Hall–Kier alpha value is -15.1. The van der Waals surface area contributed by atoms with Crippen molar-refractivity contribution in [2.24, 2.45) is 0 Å². The molecule has 8 aromatic heterocycles. The highest BCUT2D eigenvalue weighted by molar-refractivity contribution is 7.27. The molecule has 0 saturated heterocycles. The fraction of sp³-hybridized carbons (Fsp3) is 0.0909. The number of hydrogen-bond acceptors (Lipinski definition) is 8. The lowest BCUT2D eigenvalue weighted by Crippen LogP contribution is -1.72. The minimum absolute atomic E-state index is 0.966. The molecule has 8 heteroatoms. The first-order chi connectivity index (χ1) is 68.4. The fourth-order valence-electron chi connectivity index (χ4n) is 17.2. The highest BCUT2D eigenvalue weighted by Crippen LogP contribution is 2.41. The second kappa shape index (κ2) is 46.4. The van der Waals surface area contributed by atoms with Gasteiger partial charge in [0.2, 0.25) is 0 Å². The number of benzene rings is 20. The molecule has 0 aliphatic carbocycles. The van der Waals surface area contributed by atoms with Crippen molar-refractivity contribution in [2.75, 3.05) is 0 Å². The third kappa shape index (κ3) is 23.8. The summed E-state index contributed by atoms with van der Waals surface area (Å²) >= 11 is 9.40. The zero-order valence-corrected chi connectivity index (χ0v) is 85.2. The summed E-state index contributed by atoms with van der Waals surface area (Å²) in [7, 11) is 0. The van der Waals surface area contributed by atoms with Gasteiger partial charge in [-0.3, -0.25) is 0 Å². The van der Waals surface area contributed by atoms with Crippen LogP contribution in [0.3, 0.4) is 0 Å². The van der Waals surface area contributed by atoms with Crippen LogP contribution in [0.2, 0.25) is 0 Å². The molecule has 0 fully saturated rings. The van der Waals surface area contributed by atoms with Gasteiger partial charge >= 0.3 is 0 Å². The monoisotopic (exact) mass is 1900 g/mol. The number of fused-ring (bicyclic) bond motifs is 24. The molecule has 140 heavy (non-hydrogen) atoms. The number of thiophene rings is 5. The quantitative estimate of drug-likeness (QED) is 0.152. The van der Waals surface area contributed by atoms with Crippen LogP contribution in [0.5, 0.6) is 0 Å². The Balaban J connectivity index is 0.000000106. The van der Waals surface area contributed by atoms with E-state index in [2.05, 4.69) is 399 Å². The van der Waals surface area contributed by atoms with E-state index in [0.717, 1.165) is 33.5 Å². The molecule has 0 atom stereocenters. The Kier molecular flexibility index (Phi) is 32.0. The molecule has 28 rings (SSSR count). The van der Waals surface area contributed by atoms with Crippen LogP contribution in [0, 0.1) is 83.1 Å². The maximum Gasteiger partial charge on any atom is 0.135 e. The van der Waals surface area contributed by atoms with Crippen molar-refractivity contribution in [1.82, 2.24) is 0 Å². The highest BCUT2D eigenvalue weighted by atomic mass is 32.1. The Morgan fingerprint density at radius 1 is 0.129 bits per heavy atom. The van der Waals surface area contributed by atoms with E-state index >= 15 is 0 Å². The summed E-state index contributed by atoms with van der Waals surface area (Å²) in [5, 5.41) is 21.2. The predicted octanol–water partition coefficient (Wildman–Crippen LogP) is 41.5. The summed E-state index contributed by atoms with van der Waals surface area (Å²) in [5.74, 6) is 0. The Labute approximate surface area is 840 Å². The van der Waals surface area contributed by atoms with Gasteiger partial charge in [-0.1, -0.05) is 397 Å². The average Bonchev–Trinajstić information content (AvgIpc) is 1.63. The van der Waals surface area contributed by atoms with Crippen LogP contribution < -0.4 is 0 Å². The number of aryl methyl sites for hydroxylation is 12. The van der Waals surface area contributed by atoms with Gasteiger partial charge in [0.25, 0.3) is 0 Å². The van der Waals surface area contributed by atoms with Crippen LogP contribution >= 0.6 is 56.7 Å². The van der Waals surface area contributed by atoms with Gasteiger partial charge in [-0.2, -0.15) is 0 Å². The average molecular weight is 1910 g/mol. The maximum absolute atomic E-state index is 5.73. The molecule has 0 N–H and O–H groups in total. The number of furan rings is 3. The van der Waals surface area contributed by atoms with Crippen molar-refractivity contribution >= 4 is 223 Å². The molecule has 8 heterocycles. The first kappa shape index (κ1) is 96.6. The molecule has 688 valence electrons. The standard InChI is InChI=1S/3C13H10O.5C13H10S.4C7H8/c1-9-5-4-8-12-13(9)10-6-2-3-7-11(10)14-12;1-9-6-7-13-11(8-9)10-4-2-3-5-12(10)14-13;1-9-6-7-11-10-4-2-3-5-12(10)14-13(11)8-9;2*1-9-5-4-7-11-10-6-2-3-8-12(10)14-13(9)11;1-9-5-4-8-12-13(9)10-6-2-3-7-11(10)14-12;1-9-6-7-13-11(8-9)10-4-2-3-5-12(10)14-13;1-9-6-7-11-10-4-2-3-5-12(10)14-13(11)8-9;4*1-7-5-3-2-4-6-7/h8*2-8H,1H3;4*2-6H,1H3. The number of rotatable bonds is 0. The van der Waals surface area contributed by atoms with Crippen LogP contribution in [0.1, 0.15) is 66.8 Å². The molecule has 28 aromatic rings. The topological polar surface area (TPSA) is 39.4 Å². The van der Waals surface area contributed by atoms with Gasteiger partial charge in [-0.25, -0.2) is 0 Å². The molecular formula is C132H112O3S5. The zero-order chi connectivity index (χ0) is 96.8. The minimum Gasteiger partial charge on any atom is -0.456 e. The van der Waals surface area contributed by atoms with Crippen molar-refractivity contribution in [3.05, 3.63) is 528 Å². The van der Waals surface area contributed by atoms with E-state index in [1.807, 2.05) is 202 Å². The molecule has 0 aliphatic rings. The summed E-state index contributed by atoms with van der Waals surface area (Å²) in [6.07, 6.45) is 0. The molecular weight excluding hydrogens is 1790 g/mol. The molecule has 0 unspecified atom stereocenters. The number of hydrogen-bond donors (Lipinski definition) is 0. The van der Waals surface area contributed by atoms with Gasteiger partial charge in [0, 0.05) is 133 Å². The Morgan fingerprint density at radius 3 is 0.893 bits per heavy atom. The van der Waals surface area contributed by atoms with E-state index in [-0.39, 0.29) is 0 Å². The third-order valence-corrected chi connectivity index (χ3v) is 30.4. The fourth-order valence-corrected chi connectivity index (χ4v) is 23.0. The maximum atomic E-state index is 5.73. The molecule has 0 amide bonds. The summed E-state index contributed by atoms with van der Waals surface area (Å²) in [6.45, 7) is 25.4. The van der Waals surface area contributed by atoms with Gasteiger partial charge in [0.05, 0.1) is 0 Å². The van der Waals surface area contributed by atoms with E-state index in [4.69, 9.17) is 13.3 Å². The van der Waals surface area contributed by atoms with Gasteiger partial charge in [-0.05, 0) is 214 Å². The minimum atomic E-state index is 0.966. The molecule has 0 bridgehead atoms. The van der Waals surface area contributed by atoms with Crippen molar-refractivity contribution in [3.63, 3.8) is 0 Å². The largest absolute Gasteiger partial charge is 0.456 e. The first-order valence-electron chi connectivity index (χ1n) is 47.5. The van der Waals surface area contributed by atoms with Gasteiger partial charge < -0.3 is 13.3 Å². The van der Waals surface area contributed by atoms with Crippen LogP contribution in [0.4, 0.5) is 0 Å². The summed E-state index contributed by atoms with van der Waals surface area (Å²) in [5.41, 5.74) is 21.7. The van der Waals surface area contributed by atoms with Crippen LogP contribution in [-0.4, -0.2) is 0 Å². The lowest BCUT2D eigenvalue weighted by Gasteiger charge is -1.95. The molecule has 3 nitrogen and oxygen atoms in total. The summed E-state index contributed by atoms with van der Waals surface area (Å²) in [6, 6.07) is 160. The normalized spacial score (nSPS) is 10.7. The Morgan fingerprint density at radius 2 is 0.400 bits per heavy atom. The van der Waals surface area contributed by atoms with Crippen LogP contribution in [0.25, 0.3) is 167 Å².